The smallest absolute Gasteiger partial charge is 0.409 e. The molecular formula is C38H46N6O7. The molecule has 13 heteroatoms. The number of aliphatic imine (C=N–C) groups is 1. The fourth-order valence-electron chi connectivity index (χ4n) is 6.13. The SMILES string of the molecule is CN(CC(Cc1ccccc1)C(=O)N1CCC[C@H]1C(=O)N[C@@H](CCCN=C(N)N)C(=O)C(OC=O)c1ccccc1)C(=O)OCc1ccccc1. The lowest BCUT2D eigenvalue weighted by Gasteiger charge is -2.31. The summed E-state index contributed by atoms with van der Waals surface area (Å²) in [4.78, 5) is 73.4. The van der Waals surface area contributed by atoms with Crippen LogP contribution in [0.25, 0.3) is 0 Å². The van der Waals surface area contributed by atoms with Crippen LogP contribution >= 0.6 is 0 Å². The highest BCUT2D eigenvalue weighted by atomic mass is 16.6. The van der Waals surface area contributed by atoms with Gasteiger partial charge in [0, 0.05) is 32.2 Å². The van der Waals surface area contributed by atoms with E-state index in [1.807, 2.05) is 60.7 Å². The van der Waals surface area contributed by atoms with Gasteiger partial charge >= 0.3 is 6.09 Å². The molecule has 1 aliphatic rings. The van der Waals surface area contributed by atoms with Crippen LogP contribution in [-0.2, 0) is 41.7 Å². The van der Waals surface area contributed by atoms with Gasteiger partial charge in [-0.3, -0.25) is 24.2 Å². The summed E-state index contributed by atoms with van der Waals surface area (Å²) in [6, 6.07) is 25.3. The van der Waals surface area contributed by atoms with Crippen molar-refractivity contribution >= 4 is 36.1 Å². The van der Waals surface area contributed by atoms with Gasteiger partial charge < -0.3 is 36.1 Å². The van der Waals surface area contributed by atoms with Crippen molar-refractivity contribution < 1.29 is 33.4 Å². The zero-order valence-electron chi connectivity index (χ0n) is 28.8. The minimum atomic E-state index is -1.26. The zero-order valence-corrected chi connectivity index (χ0v) is 28.8. The Kier molecular flexibility index (Phi) is 14.5. The summed E-state index contributed by atoms with van der Waals surface area (Å²) in [7, 11) is 1.58. The van der Waals surface area contributed by atoms with Gasteiger partial charge in [0.15, 0.2) is 17.8 Å². The third-order valence-electron chi connectivity index (χ3n) is 8.68. The molecule has 51 heavy (non-hydrogen) atoms. The number of carbonyl (C=O) groups is 5. The van der Waals surface area contributed by atoms with E-state index in [0.717, 1.165) is 11.1 Å². The van der Waals surface area contributed by atoms with Gasteiger partial charge in [-0.15, -0.1) is 0 Å². The van der Waals surface area contributed by atoms with Gasteiger partial charge in [0.05, 0.1) is 12.0 Å². The predicted molar refractivity (Wildman–Crippen MR) is 191 cm³/mol. The summed E-state index contributed by atoms with van der Waals surface area (Å²) in [5.41, 5.74) is 13.1. The number of carbonyl (C=O) groups excluding carboxylic acids is 5. The largest absolute Gasteiger partial charge is 0.452 e. The summed E-state index contributed by atoms with van der Waals surface area (Å²) in [5, 5.41) is 2.85. The number of ketones is 1. The van der Waals surface area contributed by atoms with Crippen molar-refractivity contribution in [2.75, 3.05) is 26.7 Å². The number of hydrogen-bond donors (Lipinski definition) is 3. The number of Topliss-reactive ketones (excluding diaryl/α,β-unsaturated/α-hetero) is 1. The Morgan fingerprint density at radius 2 is 1.59 bits per heavy atom. The molecule has 5 N–H and O–H groups in total. The molecule has 2 unspecified atom stereocenters. The van der Waals surface area contributed by atoms with Crippen LogP contribution in [0, 0.1) is 5.92 Å². The molecule has 4 atom stereocenters. The lowest BCUT2D eigenvalue weighted by Crippen LogP contribution is -2.53. The molecule has 270 valence electrons. The second kappa shape index (κ2) is 19.5. The minimum Gasteiger partial charge on any atom is -0.452 e. The van der Waals surface area contributed by atoms with Gasteiger partial charge in [-0.2, -0.15) is 0 Å². The molecule has 3 amide bonds. The summed E-state index contributed by atoms with van der Waals surface area (Å²) in [5.74, 6) is -2.11. The molecule has 4 rings (SSSR count). The Bertz CT molecular complexity index is 1620. The number of likely N-dealkylation sites (tertiary alicyclic amines) is 1. The first-order valence-electron chi connectivity index (χ1n) is 17.0. The van der Waals surface area contributed by atoms with Gasteiger partial charge in [-0.25, -0.2) is 4.79 Å². The fourth-order valence-corrected chi connectivity index (χ4v) is 6.13. The van der Waals surface area contributed by atoms with Crippen molar-refractivity contribution in [2.45, 2.75) is 56.9 Å². The number of benzene rings is 3. The van der Waals surface area contributed by atoms with Gasteiger partial charge in [0.2, 0.25) is 11.8 Å². The van der Waals surface area contributed by atoms with Crippen molar-refractivity contribution in [2.24, 2.45) is 22.4 Å². The van der Waals surface area contributed by atoms with Crippen molar-refractivity contribution in [1.82, 2.24) is 15.1 Å². The lowest BCUT2D eigenvalue weighted by molar-refractivity contribution is -0.147. The number of amides is 3. The third-order valence-corrected chi connectivity index (χ3v) is 8.68. The first kappa shape index (κ1) is 38.1. The quantitative estimate of drug-likeness (QED) is 0.0777. The average Bonchev–Trinajstić information content (AvgIpc) is 3.65. The van der Waals surface area contributed by atoms with Gasteiger partial charge in [0.25, 0.3) is 6.47 Å². The Balaban J connectivity index is 1.51. The summed E-state index contributed by atoms with van der Waals surface area (Å²) in [6.07, 6.45) is -0.0584. The van der Waals surface area contributed by atoms with Crippen molar-refractivity contribution in [3.05, 3.63) is 108 Å². The van der Waals surface area contributed by atoms with E-state index in [1.54, 1.807) is 37.4 Å². The molecular weight excluding hydrogens is 652 g/mol. The number of ether oxygens (including phenoxy) is 2. The average molecular weight is 699 g/mol. The number of nitrogens with one attached hydrogen (secondary N) is 1. The van der Waals surface area contributed by atoms with Crippen LogP contribution in [0.1, 0.15) is 48.5 Å². The minimum absolute atomic E-state index is 0.0554. The highest BCUT2D eigenvalue weighted by Gasteiger charge is 2.40. The maximum Gasteiger partial charge on any atom is 0.409 e. The topological polar surface area (TPSA) is 187 Å². The van der Waals surface area contributed by atoms with Crippen LogP contribution in [0.5, 0.6) is 0 Å². The van der Waals surface area contributed by atoms with E-state index in [2.05, 4.69) is 10.3 Å². The number of nitrogens with two attached hydrogens (primary N) is 2. The number of nitrogens with zero attached hydrogens (tertiary/aromatic N) is 3. The maximum absolute atomic E-state index is 14.3. The molecule has 0 aliphatic carbocycles. The third kappa shape index (κ3) is 11.4. The molecule has 3 aromatic carbocycles. The first-order chi connectivity index (χ1) is 24.7. The molecule has 13 nitrogen and oxygen atoms in total. The monoisotopic (exact) mass is 698 g/mol. The Morgan fingerprint density at radius 3 is 2.22 bits per heavy atom. The van der Waals surface area contributed by atoms with E-state index in [-0.39, 0.29) is 44.5 Å². The molecule has 1 saturated heterocycles. The number of rotatable bonds is 18. The van der Waals surface area contributed by atoms with E-state index in [1.165, 1.54) is 9.80 Å². The molecule has 3 aromatic rings. The molecule has 0 saturated carbocycles. The van der Waals surface area contributed by atoms with Crippen molar-refractivity contribution in [1.29, 1.82) is 0 Å². The van der Waals surface area contributed by atoms with Crippen LogP contribution in [0.2, 0.25) is 0 Å². The highest BCUT2D eigenvalue weighted by Crippen LogP contribution is 2.25. The van der Waals surface area contributed by atoms with Crippen LogP contribution < -0.4 is 16.8 Å². The van der Waals surface area contributed by atoms with E-state index in [4.69, 9.17) is 20.9 Å². The first-order valence-corrected chi connectivity index (χ1v) is 17.0. The predicted octanol–water partition coefficient (Wildman–Crippen LogP) is 3.13. The van der Waals surface area contributed by atoms with Crippen molar-refractivity contribution in [3.8, 4) is 0 Å². The summed E-state index contributed by atoms with van der Waals surface area (Å²) in [6.45, 7) is 0.883. The zero-order chi connectivity index (χ0) is 36.6. The number of hydrogen-bond acceptors (Lipinski definition) is 8. The van der Waals surface area contributed by atoms with E-state index < -0.39 is 41.9 Å². The molecule has 1 aliphatic heterocycles. The molecule has 1 heterocycles. The van der Waals surface area contributed by atoms with Gasteiger partial charge in [-0.05, 0) is 43.2 Å². The van der Waals surface area contributed by atoms with E-state index in [0.29, 0.717) is 37.8 Å². The summed E-state index contributed by atoms with van der Waals surface area (Å²) >= 11 is 0. The van der Waals surface area contributed by atoms with Crippen LogP contribution in [0.4, 0.5) is 4.79 Å². The summed E-state index contributed by atoms with van der Waals surface area (Å²) < 4.78 is 10.7. The van der Waals surface area contributed by atoms with Crippen LogP contribution in [0.15, 0.2) is 96.0 Å². The molecule has 1 fully saturated rings. The molecule has 0 aromatic heterocycles. The maximum atomic E-state index is 14.3. The second-order valence-corrected chi connectivity index (χ2v) is 12.4. The molecule has 0 radical (unpaired) electrons. The Morgan fingerprint density at radius 1 is 0.961 bits per heavy atom. The normalized spacial score (nSPS) is 15.5. The van der Waals surface area contributed by atoms with Crippen LogP contribution in [-0.4, -0.2) is 84.7 Å². The fraction of sp³-hybridized carbons (Fsp3) is 0.368. The van der Waals surface area contributed by atoms with E-state index >= 15 is 0 Å². The number of guanidine groups is 1. The molecule has 0 bridgehead atoms. The lowest BCUT2D eigenvalue weighted by atomic mass is 9.96. The Hall–Kier alpha value is -5.72. The standard InChI is InChI=1S/C38H46N6O7/c1-43(38(49)50-25-28-15-7-3-8-16-28)24-30(23-27-13-5-2-6-14-27)36(48)44-22-12-20-32(44)35(47)42-31(19-11-21-41-37(39)40)33(46)34(51-26-45)29-17-9-4-10-18-29/h2-10,13-18,26,30-32,34H,11-12,19-25H2,1H3,(H,42,47)(H4,39,40,41)/t30?,31-,32-,34?/m0/s1. The van der Waals surface area contributed by atoms with Gasteiger partial charge in [0.1, 0.15) is 12.6 Å². The van der Waals surface area contributed by atoms with E-state index in [9.17, 15) is 24.0 Å². The van der Waals surface area contributed by atoms with Crippen molar-refractivity contribution in [3.63, 3.8) is 0 Å². The highest BCUT2D eigenvalue weighted by molar-refractivity contribution is 5.96. The second-order valence-electron chi connectivity index (χ2n) is 12.4. The van der Waals surface area contributed by atoms with Gasteiger partial charge in [-0.1, -0.05) is 91.0 Å². The van der Waals surface area contributed by atoms with Crippen LogP contribution in [0.3, 0.4) is 0 Å². The molecule has 0 spiro atoms. The Labute approximate surface area is 298 Å².